The van der Waals surface area contributed by atoms with Crippen LogP contribution >= 0.6 is 23.5 Å². The van der Waals surface area contributed by atoms with Crippen molar-refractivity contribution in [3.05, 3.63) is 48.8 Å². The fraction of sp³-hybridized carbons (Fsp3) is 0.222. The lowest BCUT2D eigenvalue weighted by Crippen LogP contribution is -2.14. The van der Waals surface area contributed by atoms with Crippen LogP contribution in [0, 0.1) is 0 Å². The van der Waals surface area contributed by atoms with Crippen molar-refractivity contribution < 1.29 is 13.6 Å². The smallest absolute Gasteiger partial charge is 0.288 e. The molecule has 0 fully saturated rings. The van der Waals surface area contributed by atoms with E-state index in [2.05, 4.69) is 20.5 Å². The van der Waals surface area contributed by atoms with E-state index in [0.29, 0.717) is 34.0 Å². The van der Waals surface area contributed by atoms with Gasteiger partial charge in [-0.25, -0.2) is 0 Å². The number of hydrogen-bond donors (Lipinski definition) is 1. The van der Waals surface area contributed by atoms with Crippen LogP contribution in [0.25, 0.3) is 11.4 Å². The molecule has 10 heteroatoms. The van der Waals surface area contributed by atoms with Gasteiger partial charge >= 0.3 is 0 Å². The van der Waals surface area contributed by atoms with Crippen molar-refractivity contribution in [2.45, 2.75) is 29.3 Å². The SMILES string of the molecule is CCn1c(SCC(=O)Nc2ccc(SC(F)F)cc2)nnc1-c1ccncc1. The van der Waals surface area contributed by atoms with E-state index in [4.69, 9.17) is 0 Å². The summed E-state index contributed by atoms with van der Waals surface area (Å²) in [6.45, 7) is 2.65. The van der Waals surface area contributed by atoms with Gasteiger partial charge in [0.15, 0.2) is 11.0 Å². The van der Waals surface area contributed by atoms with Gasteiger partial charge in [-0.1, -0.05) is 23.5 Å². The zero-order valence-corrected chi connectivity index (χ0v) is 16.5. The lowest BCUT2D eigenvalue weighted by Gasteiger charge is -2.08. The van der Waals surface area contributed by atoms with Crippen molar-refractivity contribution in [2.24, 2.45) is 0 Å². The van der Waals surface area contributed by atoms with E-state index in [1.54, 1.807) is 36.7 Å². The average Bonchev–Trinajstić information content (AvgIpc) is 3.11. The Morgan fingerprint density at radius 3 is 2.50 bits per heavy atom. The molecule has 1 aromatic carbocycles. The molecule has 0 bridgehead atoms. The number of nitrogens with one attached hydrogen (secondary N) is 1. The number of aromatic nitrogens is 4. The molecule has 1 amide bonds. The van der Waals surface area contributed by atoms with Crippen LogP contribution in [0.1, 0.15) is 6.92 Å². The number of amides is 1. The molecule has 0 unspecified atom stereocenters. The van der Waals surface area contributed by atoms with Crippen molar-refractivity contribution in [3.63, 3.8) is 0 Å². The number of alkyl halides is 2. The number of nitrogens with zero attached hydrogens (tertiary/aromatic N) is 4. The average molecular weight is 421 g/mol. The Kier molecular flexibility index (Phi) is 6.99. The number of pyridine rings is 1. The summed E-state index contributed by atoms with van der Waals surface area (Å²) >= 11 is 1.75. The number of hydrogen-bond acceptors (Lipinski definition) is 6. The Bertz CT molecular complexity index is 919. The van der Waals surface area contributed by atoms with Gasteiger partial charge in [-0.3, -0.25) is 9.78 Å². The highest BCUT2D eigenvalue weighted by Crippen LogP contribution is 2.27. The first-order valence-corrected chi connectivity index (χ1v) is 10.2. The summed E-state index contributed by atoms with van der Waals surface area (Å²) in [6.07, 6.45) is 3.38. The van der Waals surface area contributed by atoms with Gasteiger partial charge < -0.3 is 9.88 Å². The minimum absolute atomic E-state index is 0.155. The van der Waals surface area contributed by atoms with Crippen LogP contribution < -0.4 is 5.32 Å². The van der Waals surface area contributed by atoms with E-state index in [9.17, 15) is 13.6 Å². The summed E-state index contributed by atoms with van der Waals surface area (Å²) < 4.78 is 26.6. The van der Waals surface area contributed by atoms with E-state index in [1.165, 1.54) is 11.8 Å². The topological polar surface area (TPSA) is 72.7 Å². The van der Waals surface area contributed by atoms with Crippen LogP contribution in [0.4, 0.5) is 14.5 Å². The van der Waals surface area contributed by atoms with Gasteiger partial charge in [0.05, 0.1) is 5.75 Å². The summed E-state index contributed by atoms with van der Waals surface area (Å²) in [5.74, 6) is -1.80. The summed E-state index contributed by atoms with van der Waals surface area (Å²) in [4.78, 5) is 16.6. The Hall–Kier alpha value is -2.46. The molecule has 1 N–H and O–H groups in total. The molecule has 0 saturated carbocycles. The first kappa shape index (κ1) is 20.3. The second-order valence-electron chi connectivity index (χ2n) is 5.53. The maximum absolute atomic E-state index is 12.3. The standard InChI is InChI=1S/C18H17F2N5OS2/c1-2-25-16(12-7-9-21-10-8-12)23-24-18(25)27-11-15(26)22-13-3-5-14(6-4-13)28-17(19)20/h3-10,17H,2,11H2,1H3,(H,22,26). The van der Waals surface area contributed by atoms with E-state index < -0.39 is 5.76 Å². The zero-order valence-electron chi connectivity index (χ0n) is 14.9. The highest BCUT2D eigenvalue weighted by molar-refractivity contribution is 8.00. The van der Waals surface area contributed by atoms with Crippen LogP contribution in [0.15, 0.2) is 58.8 Å². The van der Waals surface area contributed by atoms with Gasteiger partial charge in [0.25, 0.3) is 5.76 Å². The Labute approximate surface area is 169 Å². The minimum Gasteiger partial charge on any atom is -0.325 e. The number of anilines is 1. The normalized spacial score (nSPS) is 11.0. The number of carbonyl (C=O) groups is 1. The second kappa shape index (κ2) is 9.65. The predicted octanol–water partition coefficient (Wildman–Crippen LogP) is 4.41. The van der Waals surface area contributed by atoms with Gasteiger partial charge in [0.1, 0.15) is 0 Å². The molecule has 3 rings (SSSR count). The Morgan fingerprint density at radius 1 is 1.14 bits per heavy atom. The van der Waals surface area contributed by atoms with Crippen molar-refractivity contribution in [2.75, 3.05) is 11.1 Å². The monoisotopic (exact) mass is 421 g/mol. The van der Waals surface area contributed by atoms with E-state index in [1.807, 2.05) is 23.6 Å². The predicted molar refractivity (Wildman–Crippen MR) is 107 cm³/mol. The maximum atomic E-state index is 12.3. The molecule has 0 atom stereocenters. The second-order valence-corrected chi connectivity index (χ2v) is 7.53. The fourth-order valence-electron chi connectivity index (χ4n) is 2.44. The molecular formula is C18H17F2N5OS2. The molecular weight excluding hydrogens is 404 g/mol. The van der Waals surface area contributed by atoms with Gasteiger partial charge in [-0.2, -0.15) is 8.78 Å². The highest BCUT2D eigenvalue weighted by atomic mass is 32.2. The number of benzene rings is 1. The van der Waals surface area contributed by atoms with Crippen molar-refractivity contribution in [1.29, 1.82) is 0 Å². The van der Waals surface area contributed by atoms with E-state index in [-0.39, 0.29) is 11.7 Å². The molecule has 6 nitrogen and oxygen atoms in total. The van der Waals surface area contributed by atoms with Crippen molar-refractivity contribution in [3.8, 4) is 11.4 Å². The largest absolute Gasteiger partial charge is 0.325 e. The maximum Gasteiger partial charge on any atom is 0.288 e. The van der Waals surface area contributed by atoms with Crippen molar-refractivity contribution in [1.82, 2.24) is 19.7 Å². The zero-order chi connectivity index (χ0) is 19.9. The molecule has 2 aromatic heterocycles. The van der Waals surface area contributed by atoms with Gasteiger partial charge in [0, 0.05) is 35.1 Å². The van der Waals surface area contributed by atoms with Crippen LogP contribution in [-0.2, 0) is 11.3 Å². The third-order valence-corrected chi connectivity index (χ3v) is 5.36. The molecule has 0 radical (unpaired) electrons. The summed E-state index contributed by atoms with van der Waals surface area (Å²) in [5.41, 5.74) is 1.46. The molecule has 0 aliphatic heterocycles. The molecule has 2 heterocycles. The molecule has 28 heavy (non-hydrogen) atoms. The fourth-order valence-corrected chi connectivity index (χ4v) is 3.74. The van der Waals surface area contributed by atoms with Crippen molar-refractivity contribution >= 4 is 35.1 Å². The number of halogens is 2. The van der Waals surface area contributed by atoms with Gasteiger partial charge in [-0.15, -0.1) is 10.2 Å². The quantitative estimate of drug-likeness (QED) is 0.544. The molecule has 0 aliphatic carbocycles. The van der Waals surface area contributed by atoms with Gasteiger partial charge in [-0.05, 0) is 43.3 Å². The number of thioether (sulfide) groups is 2. The van der Waals surface area contributed by atoms with Gasteiger partial charge in [0.2, 0.25) is 5.91 Å². The first-order valence-electron chi connectivity index (χ1n) is 8.38. The summed E-state index contributed by atoms with van der Waals surface area (Å²) in [5, 5.41) is 11.8. The van der Waals surface area contributed by atoms with Crippen LogP contribution in [-0.4, -0.2) is 37.2 Å². The molecule has 3 aromatic rings. The summed E-state index contributed by atoms with van der Waals surface area (Å²) in [7, 11) is 0. The third-order valence-electron chi connectivity index (χ3n) is 3.67. The number of rotatable bonds is 8. The lowest BCUT2D eigenvalue weighted by atomic mass is 10.2. The first-order chi connectivity index (χ1) is 13.6. The minimum atomic E-state index is -2.47. The van der Waals surface area contributed by atoms with Crippen LogP contribution in [0.2, 0.25) is 0 Å². The number of carbonyl (C=O) groups excluding carboxylic acids is 1. The Morgan fingerprint density at radius 2 is 1.86 bits per heavy atom. The highest BCUT2D eigenvalue weighted by Gasteiger charge is 2.14. The molecule has 0 aliphatic rings. The van der Waals surface area contributed by atoms with E-state index in [0.717, 1.165) is 11.4 Å². The third kappa shape index (κ3) is 5.29. The van der Waals surface area contributed by atoms with Crippen LogP contribution in [0.3, 0.4) is 0 Å². The lowest BCUT2D eigenvalue weighted by molar-refractivity contribution is -0.113. The summed E-state index contributed by atoms with van der Waals surface area (Å²) in [6, 6.07) is 10.0. The Balaban J connectivity index is 1.60. The molecule has 0 saturated heterocycles. The van der Waals surface area contributed by atoms with Crippen LogP contribution in [0.5, 0.6) is 0 Å². The van der Waals surface area contributed by atoms with E-state index >= 15 is 0 Å². The molecule has 146 valence electrons. The molecule has 0 spiro atoms.